The zero-order valence-corrected chi connectivity index (χ0v) is 19.7. The Labute approximate surface area is 205 Å². The van der Waals surface area contributed by atoms with Crippen LogP contribution in [0.1, 0.15) is 22.5 Å². The molecule has 0 saturated heterocycles. The molecule has 0 unspecified atom stereocenters. The number of benzene rings is 1. The third-order valence-corrected chi connectivity index (χ3v) is 6.01. The average Bonchev–Trinajstić information content (AvgIpc) is 3.61. The van der Waals surface area contributed by atoms with Crippen molar-refractivity contribution in [1.82, 2.24) is 4.57 Å². The molecule has 0 aliphatic rings. The Morgan fingerprint density at radius 3 is 2.41 bits per heavy atom. The smallest absolute Gasteiger partial charge is 0.238 e. The minimum atomic E-state index is 0.158. The van der Waals surface area contributed by atoms with Crippen LogP contribution >= 0.6 is 23.2 Å². The van der Waals surface area contributed by atoms with Crippen molar-refractivity contribution in [2.75, 3.05) is 0 Å². The van der Waals surface area contributed by atoms with E-state index in [0.717, 1.165) is 22.6 Å². The molecule has 8 heteroatoms. The van der Waals surface area contributed by atoms with E-state index in [0.29, 0.717) is 32.9 Å². The molecular weight excluding hydrogens is 473 g/mol. The predicted octanol–water partition coefficient (Wildman–Crippen LogP) is 8.14. The monoisotopic (exact) mass is 489 g/mol. The van der Waals surface area contributed by atoms with Crippen LogP contribution in [-0.4, -0.2) is 10.8 Å². The Balaban J connectivity index is 1.61. The number of furan rings is 3. The van der Waals surface area contributed by atoms with Crippen LogP contribution in [0.15, 0.2) is 79.3 Å². The van der Waals surface area contributed by atoms with Gasteiger partial charge in [0.15, 0.2) is 11.5 Å². The summed E-state index contributed by atoms with van der Waals surface area (Å²) in [4.78, 5) is 4.53. The molecule has 0 radical (unpaired) electrons. The van der Waals surface area contributed by atoms with Crippen molar-refractivity contribution >= 4 is 35.3 Å². The molecule has 34 heavy (non-hydrogen) atoms. The second kappa shape index (κ2) is 8.79. The molecule has 0 aliphatic heterocycles. The van der Waals surface area contributed by atoms with Gasteiger partial charge in [-0.2, -0.15) is 5.26 Å². The lowest BCUT2D eigenvalue weighted by Crippen LogP contribution is -2.00. The van der Waals surface area contributed by atoms with Crippen molar-refractivity contribution in [2.45, 2.75) is 13.8 Å². The first kappa shape index (κ1) is 21.9. The van der Waals surface area contributed by atoms with Gasteiger partial charge in [-0.3, -0.25) is 0 Å². The van der Waals surface area contributed by atoms with Crippen LogP contribution in [0.2, 0.25) is 10.0 Å². The highest BCUT2D eigenvalue weighted by atomic mass is 35.5. The highest BCUT2D eigenvalue weighted by Crippen LogP contribution is 2.43. The summed E-state index contributed by atoms with van der Waals surface area (Å²) in [6, 6.07) is 16.5. The van der Waals surface area contributed by atoms with Gasteiger partial charge in [0.05, 0.1) is 28.8 Å². The van der Waals surface area contributed by atoms with Crippen molar-refractivity contribution in [3.05, 3.63) is 93.6 Å². The molecule has 0 aliphatic carbocycles. The molecule has 4 heterocycles. The van der Waals surface area contributed by atoms with E-state index in [1.165, 1.54) is 12.5 Å². The topological polar surface area (TPSA) is 80.5 Å². The number of aromatic nitrogens is 1. The maximum absolute atomic E-state index is 9.93. The molecule has 1 aromatic carbocycles. The summed E-state index contributed by atoms with van der Waals surface area (Å²) in [6.07, 6.45) is 4.73. The van der Waals surface area contributed by atoms with Crippen molar-refractivity contribution in [3.8, 4) is 34.6 Å². The van der Waals surface area contributed by atoms with Crippen LogP contribution in [0.5, 0.6) is 0 Å². The quantitative estimate of drug-likeness (QED) is 0.233. The summed E-state index contributed by atoms with van der Waals surface area (Å²) in [6.45, 7) is 3.93. The first-order chi connectivity index (χ1) is 16.5. The SMILES string of the molecule is Cc1cc(C=Nc2oc(-c3ccco3)c(-c3ccco3)c2C#N)c(C)n1-c1cc(Cl)ccc1Cl. The van der Waals surface area contributed by atoms with E-state index in [4.69, 9.17) is 36.5 Å². The van der Waals surface area contributed by atoms with Gasteiger partial charge in [0.2, 0.25) is 5.88 Å². The van der Waals surface area contributed by atoms with Crippen LogP contribution in [0.3, 0.4) is 0 Å². The second-order valence-electron chi connectivity index (χ2n) is 7.57. The van der Waals surface area contributed by atoms with Crippen LogP contribution < -0.4 is 0 Å². The van der Waals surface area contributed by atoms with E-state index in [9.17, 15) is 5.26 Å². The number of halogens is 2. The van der Waals surface area contributed by atoms with Gasteiger partial charge in [0.25, 0.3) is 0 Å². The van der Waals surface area contributed by atoms with Gasteiger partial charge in [0.1, 0.15) is 17.4 Å². The number of rotatable bonds is 5. The first-order valence-corrected chi connectivity index (χ1v) is 11.1. The third-order valence-electron chi connectivity index (χ3n) is 5.45. The van der Waals surface area contributed by atoms with E-state index in [-0.39, 0.29) is 11.4 Å². The van der Waals surface area contributed by atoms with Crippen LogP contribution in [0.4, 0.5) is 5.88 Å². The van der Waals surface area contributed by atoms with Gasteiger partial charge >= 0.3 is 0 Å². The van der Waals surface area contributed by atoms with Gasteiger partial charge in [-0.1, -0.05) is 23.2 Å². The molecule has 6 nitrogen and oxygen atoms in total. The van der Waals surface area contributed by atoms with E-state index in [1.54, 1.807) is 42.6 Å². The standard InChI is InChI=1S/C26H17Cl2N3O3/c1-15-11-17(16(2)31(15)21-12-18(27)7-8-20(21)28)14-30-26-19(13-29)24(22-5-3-9-32-22)25(34-26)23-6-4-10-33-23/h3-12,14H,1-2H3. The van der Waals surface area contributed by atoms with Gasteiger partial charge in [-0.05, 0) is 62.4 Å². The highest BCUT2D eigenvalue weighted by molar-refractivity contribution is 6.34. The Morgan fingerprint density at radius 2 is 1.74 bits per heavy atom. The number of hydrogen-bond donors (Lipinski definition) is 0. The van der Waals surface area contributed by atoms with E-state index in [2.05, 4.69) is 11.1 Å². The zero-order valence-electron chi connectivity index (χ0n) is 18.2. The molecule has 0 spiro atoms. The molecule has 4 aromatic heterocycles. The molecule has 5 aromatic rings. The first-order valence-electron chi connectivity index (χ1n) is 10.3. The fraction of sp³-hybridized carbons (Fsp3) is 0.0769. The van der Waals surface area contributed by atoms with Crippen LogP contribution in [-0.2, 0) is 0 Å². The predicted molar refractivity (Wildman–Crippen MR) is 131 cm³/mol. The molecule has 0 N–H and O–H groups in total. The van der Waals surface area contributed by atoms with E-state index >= 15 is 0 Å². The summed E-state index contributed by atoms with van der Waals surface area (Å²) < 4.78 is 19.1. The molecular formula is C26H17Cl2N3O3. The third kappa shape index (κ3) is 3.75. The maximum atomic E-state index is 9.93. The fourth-order valence-corrected chi connectivity index (χ4v) is 4.29. The molecule has 168 valence electrons. The zero-order chi connectivity index (χ0) is 23.8. The van der Waals surface area contributed by atoms with Gasteiger partial charge in [-0.25, -0.2) is 4.99 Å². The van der Waals surface area contributed by atoms with Crippen molar-refractivity contribution in [3.63, 3.8) is 0 Å². The van der Waals surface area contributed by atoms with Gasteiger partial charge in [-0.15, -0.1) is 0 Å². The van der Waals surface area contributed by atoms with Crippen molar-refractivity contribution in [2.24, 2.45) is 4.99 Å². The lowest BCUT2D eigenvalue weighted by atomic mass is 10.1. The number of aliphatic imine (C=N–C) groups is 1. The Bertz CT molecular complexity index is 1550. The molecule has 0 saturated carbocycles. The molecule has 5 rings (SSSR count). The molecule has 0 bridgehead atoms. The fourth-order valence-electron chi connectivity index (χ4n) is 3.93. The summed E-state index contributed by atoms with van der Waals surface area (Å²) in [7, 11) is 0. The largest absolute Gasteiger partial charge is 0.464 e. The summed E-state index contributed by atoms with van der Waals surface area (Å²) in [5, 5.41) is 11.1. The number of nitriles is 1. The van der Waals surface area contributed by atoms with E-state index in [1.807, 2.05) is 30.5 Å². The second-order valence-corrected chi connectivity index (χ2v) is 8.41. The summed E-state index contributed by atoms with van der Waals surface area (Å²) >= 11 is 12.6. The number of nitrogens with zero attached hydrogens (tertiary/aromatic N) is 3. The van der Waals surface area contributed by atoms with Crippen LogP contribution in [0, 0.1) is 25.2 Å². The minimum Gasteiger partial charge on any atom is -0.464 e. The lowest BCUT2D eigenvalue weighted by molar-refractivity contribution is 0.527. The normalized spacial score (nSPS) is 11.4. The number of aryl methyl sites for hydroxylation is 1. The minimum absolute atomic E-state index is 0.158. The maximum Gasteiger partial charge on any atom is 0.238 e. The van der Waals surface area contributed by atoms with Gasteiger partial charge in [0, 0.05) is 28.2 Å². The highest BCUT2D eigenvalue weighted by Gasteiger charge is 2.26. The van der Waals surface area contributed by atoms with Gasteiger partial charge < -0.3 is 17.8 Å². The Kier molecular flexibility index (Phi) is 5.66. The van der Waals surface area contributed by atoms with Crippen molar-refractivity contribution < 1.29 is 13.3 Å². The molecule has 0 atom stereocenters. The lowest BCUT2D eigenvalue weighted by Gasteiger charge is -2.12. The summed E-state index contributed by atoms with van der Waals surface area (Å²) in [5.74, 6) is 1.49. The Hall–Kier alpha value is -3.92. The number of hydrogen-bond acceptors (Lipinski definition) is 5. The van der Waals surface area contributed by atoms with E-state index < -0.39 is 0 Å². The average molecular weight is 490 g/mol. The van der Waals surface area contributed by atoms with Crippen molar-refractivity contribution in [1.29, 1.82) is 5.26 Å². The summed E-state index contributed by atoms with van der Waals surface area (Å²) in [5.41, 5.74) is 4.23. The molecule has 0 amide bonds. The van der Waals surface area contributed by atoms with Crippen LogP contribution in [0.25, 0.3) is 28.5 Å². The molecule has 0 fully saturated rings. The Morgan fingerprint density at radius 1 is 1.00 bits per heavy atom.